The fraction of sp³-hybridized carbons (Fsp3) is 0.296. The lowest BCUT2D eigenvalue weighted by molar-refractivity contribution is -0.131. The third-order valence-corrected chi connectivity index (χ3v) is 6.34. The largest absolute Gasteiger partial charge is 0.397 e. The van der Waals surface area contributed by atoms with E-state index in [1.165, 1.54) is 48.8 Å². The first-order valence-corrected chi connectivity index (χ1v) is 11.7. The first kappa shape index (κ1) is 26.2. The molecule has 0 saturated carbocycles. The van der Waals surface area contributed by atoms with Crippen molar-refractivity contribution in [3.63, 3.8) is 0 Å². The van der Waals surface area contributed by atoms with Crippen LogP contribution in [-0.2, 0) is 22.0 Å². The lowest BCUT2D eigenvalue weighted by atomic mass is 9.80. The van der Waals surface area contributed by atoms with Gasteiger partial charge in [0, 0.05) is 67.0 Å². The third kappa shape index (κ3) is 6.08. The SMILES string of the molecule is CC(F)(F)c1ccccc1Nc1ccc(CNC(=O)[C@]2(CC(=O)c3cncc(N)c3)CCOC2)c(F)c1. The summed E-state index contributed by atoms with van der Waals surface area (Å²) < 4.78 is 48.1. The van der Waals surface area contributed by atoms with Crippen molar-refractivity contribution in [2.45, 2.75) is 32.2 Å². The number of halogens is 3. The third-order valence-electron chi connectivity index (χ3n) is 6.34. The Morgan fingerprint density at radius 1 is 1.16 bits per heavy atom. The van der Waals surface area contributed by atoms with Crippen LogP contribution < -0.4 is 16.4 Å². The topological polar surface area (TPSA) is 106 Å². The van der Waals surface area contributed by atoms with Gasteiger partial charge in [0.2, 0.25) is 5.91 Å². The minimum Gasteiger partial charge on any atom is -0.397 e. The van der Waals surface area contributed by atoms with Gasteiger partial charge in [0.05, 0.1) is 17.7 Å². The molecule has 2 aromatic carbocycles. The Bertz CT molecular complexity index is 1300. The normalized spacial score (nSPS) is 17.4. The Hall–Kier alpha value is -3.92. The first-order valence-electron chi connectivity index (χ1n) is 11.7. The molecule has 0 radical (unpaired) electrons. The van der Waals surface area contributed by atoms with E-state index in [1.807, 2.05) is 0 Å². The van der Waals surface area contributed by atoms with Gasteiger partial charge in [-0.25, -0.2) is 13.2 Å². The van der Waals surface area contributed by atoms with Gasteiger partial charge in [-0.05, 0) is 30.7 Å². The smallest absolute Gasteiger partial charge is 0.272 e. The number of nitrogen functional groups attached to an aromatic ring is 1. The van der Waals surface area contributed by atoms with Crippen LogP contribution in [0.2, 0.25) is 0 Å². The Morgan fingerprint density at radius 2 is 1.95 bits per heavy atom. The number of ketones is 1. The summed E-state index contributed by atoms with van der Waals surface area (Å²) in [6.45, 7) is 1.06. The number of rotatable bonds is 9. The number of para-hydroxylation sites is 1. The van der Waals surface area contributed by atoms with Crippen LogP contribution >= 0.6 is 0 Å². The van der Waals surface area contributed by atoms with Crippen LogP contribution in [0.1, 0.15) is 41.3 Å². The molecule has 4 rings (SSSR count). The molecular weight excluding hydrogens is 485 g/mol. The number of nitrogens with one attached hydrogen (secondary N) is 2. The maximum atomic E-state index is 14.8. The van der Waals surface area contributed by atoms with Gasteiger partial charge < -0.3 is 21.1 Å². The number of nitrogens with two attached hydrogens (primary N) is 1. The zero-order valence-corrected chi connectivity index (χ0v) is 20.2. The molecule has 1 atom stereocenters. The van der Waals surface area contributed by atoms with Gasteiger partial charge >= 0.3 is 0 Å². The van der Waals surface area contributed by atoms with E-state index in [2.05, 4.69) is 15.6 Å². The van der Waals surface area contributed by atoms with Crippen LogP contribution in [0.15, 0.2) is 60.9 Å². The summed E-state index contributed by atoms with van der Waals surface area (Å²) >= 11 is 0. The molecule has 0 bridgehead atoms. The number of hydrogen-bond acceptors (Lipinski definition) is 6. The highest BCUT2D eigenvalue weighted by molar-refractivity contribution is 6.00. The summed E-state index contributed by atoms with van der Waals surface area (Å²) in [5, 5.41) is 5.55. The van der Waals surface area contributed by atoms with Crippen LogP contribution in [0.25, 0.3) is 0 Å². The molecule has 1 amide bonds. The fourth-order valence-electron chi connectivity index (χ4n) is 4.29. The van der Waals surface area contributed by atoms with Crippen LogP contribution in [0.4, 0.5) is 30.2 Å². The number of amides is 1. The van der Waals surface area contributed by atoms with Crippen molar-refractivity contribution in [3.8, 4) is 0 Å². The van der Waals surface area contributed by atoms with E-state index < -0.39 is 23.1 Å². The first-order chi connectivity index (χ1) is 17.6. The average Bonchev–Trinajstić information content (AvgIpc) is 3.33. The van der Waals surface area contributed by atoms with Crippen molar-refractivity contribution in [1.82, 2.24) is 10.3 Å². The lowest BCUT2D eigenvalue weighted by Gasteiger charge is -2.25. The molecule has 10 heteroatoms. The lowest BCUT2D eigenvalue weighted by Crippen LogP contribution is -2.42. The van der Waals surface area contributed by atoms with Crippen LogP contribution in [-0.4, -0.2) is 29.9 Å². The van der Waals surface area contributed by atoms with E-state index in [1.54, 1.807) is 12.1 Å². The van der Waals surface area contributed by atoms with E-state index in [-0.39, 0.29) is 47.9 Å². The van der Waals surface area contributed by atoms with E-state index in [4.69, 9.17) is 10.5 Å². The summed E-state index contributed by atoms with van der Waals surface area (Å²) in [5.41, 5.74) is 5.71. The molecule has 194 valence electrons. The van der Waals surface area contributed by atoms with Crippen molar-refractivity contribution >= 4 is 28.8 Å². The molecule has 1 aromatic heterocycles. The standard InChI is InChI=1S/C27H27F3N4O3/c1-26(29,30)21-4-2-3-5-23(21)34-20-7-6-17(22(28)11-20)14-33-25(36)27(8-9-37-16-27)12-24(35)18-10-19(31)15-32-13-18/h2-7,10-11,13,15,34H,8-9,12,14,16,31H2,1H3,(H,33,36)/t27-/m0/s1. The van der Waals surface area contributed by atoms with Gasteiger partial charge in [0.25, 0.3) is 5.92 Å². The molecule has 0 spiro atoms. The Balaban J connectivity index is 1.43. The molecule has 1 saturated heterocycles. The molecule has 2 heterocycles. The molecule has 1 fully saturated rings. The number of benzene rings is 2. The Labute approximate surface area is 212 Å². The highest BCUT2D eigenvalue weighted by Crippen LogP contribution is 2.36. The number of Topliss-reactive ketones (excluding diaryl/α,β-unsaturated/α-hetero) is 1. The van der Waals surface area contributed by atoms with Crippen molar-refractivity contribution in [2.75, 3.05) is 24.3 Å². The van der Waals surface area contributed by atoms with Crippen molar-refractivity contribution in [2.24, 2.45) is 5.41 Å². The van der Waals surface area contributed by atoms with Crippen LogP contribution in [0, 0.1) is 11.2 Å². The van der Waals surface area contributed by atoms with E-state index in [0.717, 1.165) is 6.92 Å². The zero-order chi connectivity index (χ0) is 26.6. The average molecular weight is 513 g/mol. The summed E-state index contributed by atoms with van der Waals surface area (Å²) in [6.07, 6.45) is 3.06. The van der Waals surface area contributed by atoms with Crippen molar-refractivity contribution in [1.29, 1.82) is 0 Å². The van der Waals surface area contributed by atoms with Gasteiger partial charge in [-0.3, -0.25) is 14.6 Å². The second-order valence-electron chi connectivity index (χ2n) is 9.24. The maximum Gasteiger partial charge on any atom is 0.272 e. The Morgan fingerprint density at radius 3 is 2.62 bits per heavy atom. The minimum absolute atomic E-state index is 0.0626. The highest BCUT2D eigenvalue weighted by Gasteiger charge is 2.44. The number of ether oxygens (including phenoxy) is 1. The molecule has 4 N–H and O–H groups in total. The molecule has 7 nitrogen and oxygen atoms in total. The molecule has 3 aromatic rings. The van der Waals surface area contributed by atoms with Gasteiger partial charge in [-0.1, -0.05) is 24.3 Å². The van der Waals surface area contributed by atoms with Gasteiger partial charge in [0.1, 0.15) is 5.82 Å². The van der Waals surface area contributed by atoms with Crippen LogP contribution in [0.3, 0.4) is 0 Å². The fourth-order valence-corrected chi connectivity index (χ4v) is 4.29. The molecule has 37 heavy (non-hydrogen) atoms. The minimum atomic E-state index is -3.07. The second-order valence-corrected chi connectivity index (χ2v) is 9.24. The van der Waals surface area contributed by atoms with E-state index >= 15 is 0 Å². The van der Waals surface area contributed by atoms with Gasteiger partial charge in [0.15, 0.2) is 5.78 Å². The number of carbonyl (C=O) groups excluding carboxylic acids is 2. The monoisotopic (exact) mass is 512 g/mol. The summed E-state index contributed by atoms with van der Waals surface area (Å²) in [5.74, 6) is -4.40. The number of carbonyl (C=O) groups is 2. The number of hydrogen-bond donors (Lipinski definition) is 3. The predicted octanol–water partition coefficient (Wildman–Crippen LogP) is 4.95. The maximum absolute atomic E-state index is 14.8. The highest BCUT2D eigenvalue weighted by atomic mass is 19.3. The Kier molecular flexibility index (Phi) is 7.49. The molecule has 1 aliphatic heterocycles. The van der Waals surface area contributed by atoms with E-state index in [9.17, 15) is 22.8 Å². The quantitative estimate of drug-likeness (QED) is 0.350. The van der Waals surface area contributed by atoms with Crippen LogP contribution in [0.5, 0.6) is 0 Å². The van der Waals surface area contributed by atoms with Crippen molar-refractivity contribution in [3.05, 3.63) is 83.4 Å². The number of nitrogens with zero attached hydrogens (tertiary/aromatic N) is 1. The number of alkyl halides is 2. The summed E-state index contributed by atoms with van der Waals surface area (Å²) in [7, 11) is 0. The van der Waals surface area contributed by atoms with E-state index in [0.29, 0.717) is 24.3 Å². The zero-order valence-electron chi connectivity index (χ0n) is 20.2. The number of anilines is 3. The molecule has 1 aliphatic rings. The molecule has 0 unspecified atom stereocenters. The summed E-state index contributed by atoms with van der Waals surface area (Å²) in [4.78, 5) is 29.9. The van der Waals surface area contributed by atoms with Gasteiger partial charge in [-0.2, -0.15) is 0 Å². The van der Waals surface area contributed by atoms with Crippen molar-refractivity contribution < 1.29 is 27.5 Å². The molecular formula is C27H27F3N4O3. The van der Waals surface area contributed by atoms with Gasteiger partial charge in [-0.15, -0.1) is 0 Å². The summed E-state index contributed by atoms with van der Waals surface area (Å²) in [6, 6.07) is 11.6. The second kappa shape index (κ2) is 10.6. The number of aromatic nitrogens is 1. The predicted molar refractivity (Wildman–Crippen MR) is 133 cm³/mol. The molecule has 0 aliphatic carbocycles. The number of pyridine rings is 1.